The first-order valence-electron chi connectivity index (χ1n) is 10.8. The zero-order chi connectivity index (χ0) is 19.8. The molecule has 0 aliphatic carbocycles. The predicted octanol–water partition coefficient (Wildman–Crippen LogP) is 5.91. The van der Waals surface area contributed by atoms with Crippen LogP contribution in [0.5, 0.6) is 0 Å². The molecule has 0 amide bonds. The molecule has 0 radical (unpaired) electrons. The van der Waals surface area contributed by atoms with E-state index in [-0.39, 0.29) is 0 Å². The molecule has 150 valence electrons. The lowest BCUT2D eigenvalue weighted by Crippen LogP contribution is -2.63. The van der Waals surface area contributed by atoms with Gasteiger partial charge in [0.15, 0.2) is 0 Å². The maximum Gasteiger partial charge on any atom is 0.0965 e. The van der Waals surface area contributed by atoms with Gasteiger partial charge in [0.25, 0.3) is 0 Å². The van der Waals surface area contributed by atoms with Crippen molar-refractivity contribution in [3.05, 3.63) is 53.6 Å². The second-order valence-corrected chi connectivity index (χ2v) is 10.8. The molecule has 2 heterocycles. The Morgan fingerprint density at radius 1 is 0.857 bits per heavy atom. The molecule has 0 N–H and O–H groups in total. The minimum Gasteiger partial charge on any atom is -0.359 e. The van der Waals surface area contributed by atoms with Crippen molar-refractivity contribution in [2.24, 2.45) is 5.41 Å². The summed E-state index contributed by atoms with van der Waals surface area (Å²) in [5.41, 5.74) is 4.68. The standard InChI is InChI=1S/C25H35N2S/c1-20-9-10-23(21(2)19-20)28-24-8-6-5-7-22(24)26-13-17-27(18-14-26)15-11-25(3,4)12-16-27/h5-10,19H,11-18H2,1-4H3/q+1. The van der Waals surface area contributed by atoms with Crippen LogP contribution in [-0.4, -0.2) is 43.8 Å². The summed E-state index contributed by atoms with van der Waals surface area (Å²) in [6, 6.07) is 15.8. The van der Waals surface area contributed by atoms with Gasteiger partial charge in [-0.3, -0.25) is 0 Å². The van der Waals surface area contributed by atoms with E-state index in [2.05, 4.69) is 75.1 Å². The van der Waals surface area contributed by atoms with Crippen molar-refractivity contribution in [2.45, 2.75) is 50.3 Å². The van der Waals surface area contributed by atoms with Gasteiger partial charge in [0.05, 0.1) is 45.0 Å². The smallest absolute Gasteiger partial charge is 0.0965 e. The zero-order valence-corrected chi connectivity index (χ0v) is 18.8. The third-order valence-electron chi connectivity index (χ3n) is 6.97. The number of piperazine rings is 1. The maximum atomic E-state index is 2.63. The van der Waals surface area contributed by atoms with Gasteiger partial charge in [-0.25, -0.2) is 0 Å². The summed E-state index contributed by atoms with van der Waals surface area (Å²) < 4.78 is 1.35. The van der Waals surface area contributed by atoms with Gasteiger partial charge in [-0.1, -0.05) is 55.4 Å². The molecule has 28 heavy (non-hydrogen) atoms. The Balaban J connectivity index is 1.47. The molecule has 2 aliphatic heterocycles. The molecule has 2 fully saturated rings. The summed E-state index contributed by atoms with van der Waals surface area (Å²) >= 11 is 1.92. The third-order valence-corrected chi connectivity index (χ3v) is 8.21. The van der Waals surface area contributed by atoms with Crippen LogP contribution in [0, 0.1) is 19.3 Å². The minimum atomic E-state index is 0.551. The lowest BCUT2D eigenvalue weighted by molar-refractivity contribution is -0.935. The second-order valence-electron chi connectivity index (χ2n) is 9.73. The zero-order valence-electron chi connectivity index (χ0n) is 18.0. The van der Waals surface area contributed by atoms with Crippen LogP contribution in [0.2, 0.25) is 0 Å². The van der Waals surface area contributed by atoms with Gasteiger partial charge < -0.3 is 9.38 Å². The number of para-hydroxylation sites is 1. The fraction of sp³-hybridized carbons (Fsp3) is 0.520. The van der Waals surface area contributed by atoms with Crippen molar-refractivity contribution in [3.63, 3.8) is 0 Å². The number of benzene rings is 2. The molecule has 0 bridgehead atoms. The van der Waals surface area contributed by atoms with Crippen molar-refractivity contribution in [2.75, 3.05) is 44.2 Å². The number of hydrogen-bond acceptors (Lipinski definition) is 2. The number of rotatable bonds is 3. The monoisotopic (exact) mass is 395 g/mol. The van der Waals surface area contributed by atoms with Crippen LogP contribution in [0.25, 0.3) is 0 Å². The van der Waals surface area contributed by atoms with E-state index in [4.69, 9.17) is 0 Å². The molecule has 4 rings (SSSR count). The number of hydrogen-bond donors (Lipinski definition) is 0. The Labute approximate surface area is 175 Å². The van der Waals surface area contributed by atoms with E-state index in [1.165, 1.54) is 83.2 Å². The van der Waals surface area contributed by atoms with Crippen LogP contribution < -0.4 is 4.90 Å². The van der Waals surface area contributed by atoms with Gasteiger partial charge >= 0.3 is 0 Å². The SMILES string of the molecule is Cc1ccc(Sc2ccccc2N2CC[N+]3(CC2)CCC(C)(C)CC3)c(C)c1. The lowest BCUT2D eigenvalue weighted by Gasteiger charge is -2.50. The van der Waals surface area contributed by atoms with Crippen molar-refractivity contribution in [1.29, 1.82) is 0 Å². The Bertz CT molecular complexity index is 822. The topological polar surface area (TPSA) is 3.24 Å². The fourth-order valence-corrected chi connectivity index (χ4v) is 5.77. The van der Waals surface area contributed by atoms with Gasteiger partial charge in [0, 0.05) is 22.6 Å². The van der Waals surface area contributed by atoms with Crippen molar-refractivity contribution < 1.29 is 4.48 Å². The van der Waals surface area contributed by atoms with E-state index in [9.17, 15) is 0 Å². The molecule has 0 unspecified atom stereocenters. The average molecular weight is 396 g/mol. The van der Waals surface area contributed by atoms with E-state index in [1.807, 2.05) is 11.8 Å². The molecule has 2 saturated heterocycles. The van der Waals surface area contributed by atoms with Crippen molar-refractivity contribution in [3.8, 4) is 0 Å². The summed E-state index contributed by atoms with van der Waals surface area (Å²) in [5.74, 6) is 0. The molecule has 2 aromatic rings. The Morgan fingerprint density at radius 2 is 1.54 bits per heavy atom. The molecule has 2 aromatic carbocycles. The first-order chi connectivity index (χ1) is 13.4. The number of quaternary nitrogens is 1. The quantitative estimate of drug-likeness (QED) is 0.594. The van der Waals surface area contributed by atoms with E-state index in [0.29, 0.717) is 5.41 Å². The van der Waals surface area contributed by atoms with Crippen LogP contribution in [0.4, 0.5) is 5.69 Å². The van der Waals surface area contributed by atoms with Crippen LogP contribution in [0.1, 0.15) is 37.8 Å². The van der Waals surface area contributed by atoms with E-state index in [1.54, 1.807) is 0 Å². The largest absolute Gasteiger partial charge is 0.359 e. The lowest BCUT2D eigenvalue weighted by atomic mass is 9.81. The summed E-state index contributed by atoms with van der Waals surface area (Å²) in [4.78, 5) is 5.40. The molecular formula is C25H35N2S+. The molecule has 2 aliphatic rings. The van der Waals surface area contributed by atoms with E-state index in [0.717, 1.165) is 0 Å². The van der Waals surface area contributed by atoms with Gasteiger partial charge in [0.2, 0.25) is 0 Å². The normalized spacial score (nSPS) is 21.1. The van der Waals surface area contributed by atoms with E-state index < -0.39 is 0 Å². The maximum absolute atomic E-state index is 2.63. The average Bonchev–Trinajstić information content (AvgIpc) is 2.68. The van der Waals surface area contributed by atoms with Crippen molar-refractivity contribution in [1.82, 2.24) is 0 Å². The molecule has 2 nitrogen and oxygen atoms in total. The van der Waals surface area contributed by atoms with Gasteiger partial charge in [-0.15, -0.1) is 0 Å². The molecule has 1 spiro atoms. The number of anilines is 1. The highest BCUT2D eigenvalue weighted by atomic mass is 32.2. The summed E-state index contributed by atoms with van der Waals surface area (Å²) in [5, 5.41) is 0. The predicted molar refractivity (Wildman–Crippen MR) is 121 cm³/mol. The summed E-state index contributed by atoms with van der Waals surface area (Å²) in [6.07, 6.45) is 2.76. The van der Waals surface area contributed by atoms with Crippen molar-refractivity contribution >= 4 is 17.4 Å². The van der Waals surface area contributed by atoms with Crippen LogP contribution in [0.15, 0.2) is 52.3 Å². The van der Waals surface area contributed by atoms with Gasteiger partial charge in [-0.05, 0) is 43.0 Å². The first kappa shape index (κ1) is 19.8. The molecule has 0 aromatic heterocycles. The molecular weight excluding hydrogens is 360 g/mol. The highest BCUT2D eigenvalue weighted by Gasteiger charge is 2.39. The third kappa shape index (κ3) is 4.26. The first-order valence-corrected chi connectivity index (χ1v) is 11.6. The number of nitrogens with zero attached hydrogens (tertiary/aromatic N) is 2. The molecule has 3 heteroatoms. The summed E-state index contributed by atoms with van der Waals surface area (Å²) in [7, 11) is 0. The highest BCUT2D eigenvalue weighted by Crippen LogP contribution is 2.39. The van der Waals surface area contributed by atoms with Gasteiger partial charge in [0.1, 0.15) is 0 Å². The number of piperidine rings is 1. The Morgan fingerprint density at radius 3 is 2.21 bits per heavy atom. The van der Waals surface area contributed by atoms with Crippen LogP contribution >= 0.6 is 11.8 Å². The Kier molecular flexibility index (Phi) is 5.50. The van der Waals surface area contributed by atoms with Crippen LogP contribution in [-0.2, 0) is 0 Å². The second kappa shape index (κ2) is 7.76. The van der Waals surface area contributed by atoms with E-state index >= 15 is 0 Å². The highest BCUT2D eigenvalue weighted by molar-refractivity contribution is 7.99. The molecule has 0 saturated carbocycles. The van der Waals surface area contributed by atoms with Gasteiger partial charge in [-0.2, -0.15) is 0 Å². The fourth-order valence-electron chi connectivity index (χ4n) is 4.73. The minimum absolute atomic E-state index is 0.551. The summed E-state index contributed by atoms with van der Waals surface area (Å²) in [6.45, 7) is 17.0. The van der Waals surface area contributed by atoms with Crippen LogP contribution in [0.3, 0.4) is 0 Å². The Hall–Kier alpha value is -1.45. The molecule has 0 atom stereocenters. The number of aryl methyl sites for hydroxylation is 2.